The molecular formula is C24H21FN10. The van der Waals surface area contributed by atoms with Crippen LogP contribution < -0.4 is 9.80 Å². The van der Waals surface area contributed by atoms with Gasteiger partial charge in [0.2, 0.25) is 5.95 Å². The van der Waals surface area contributed by atoms with Crippen molar-refractivity contribution in [2.24, 2.45) is 0 Å². The highest BCUT2D eigenvalue weighted by Gasteiger charge is 2.21. The minimum atomic E-state index is -0.228. The Morgan fingerprint density at radius 2 is 1.66 bits per heavy atom. The second-order valence-corrected chi connectivity index (χ2v) is 8.22. The average Bonchev–Trinajstić information content (AvgIpc) is 3.36. The molecule has 0 saturated carbocycles. The van der Waals surface area contributed by atoms with Crippen molar-refractivity contribution < 1.29 is 4.39 Å². The summed E-state index contributed by atoms with van der Waals surface area (Å²) in [4.78, 5) is 22.3. The third-order valence-electron chi connectivity index (χ3n) is 6.05. The summed E-state index contributed by atoms with van der Waals surface area (Å²) in [7, 11) is 0. The number of anilines is 2. The van der Waals surface area contributed by atoms with Crippen molar-refractivity contribution in [2.75, 3.05) is 36.0 Å². The fourth-order valence-electron chi connectivity index (χ4n) is 4.16. The molecule has 5 heterocycles. The lowest BCUT2D eigenvalue weighted by molar-refractivity contribution is 0.623. The quantitative estimate of drug-likeness (QED) is 0.394. The topological polar surface area (TPSA) is 101 Å². The van der Waals surface area contributed by atoms with Crippen LogP contribution >= 0.6 is 0 Å². The molecule has 0 N–H and O–H groups in total. The van der Waals surface area contributed by atoms with Gasteiger partial charge in [-0.05, 0) is 49.4 Å². The number of nitrogens with zero attached hydrogens (tertiary/aromatic N) is 10. The predicted molar refractivity (Wildman–Crippen MR) is 128 cm³/mol. The van der Waals surface area contributed by atoms with E-state index in [2.05, 4.69) is 40.0 Å². The van der Waals surface area contributed by atoms with Gasteiger partial charge in [-0.25, -0.2) is 14.4 Å². The first kappa shape index (κ1) is 21.0. The number of fused-ring (bicyclic) bond motifs is 1. The van der Waals surface area contributed by atoms with E-state index >= 15 is 0 Å². The molecule has 35 heavy (non-hydrogen) atoms. The molecule has 5 aromatic rings. The molecule has 0 atom stereocenters. The normalized spacial score (nSPS) is 14.0. The second-order valence-electron chi connectivity index (χ2n) is 8.22. The zero-order valence-electron chi connectivity index (χ0n) is 19.0. The van der Waals surface area contributed by atoms with Crippen LogP contribution in [0.15, 0.2) is 61.1 Å². The maximum Gasteiger partial charge on any atom is 0.272 e. The zero-order valence-corrected chi connectivity index (χ0v) is 19.0. The summed E-state index contributed by atoms with van der Waals surface area (Å²) < 4.78 is 14.9. The number of rotatable bonds is 4. The standard InChI is InChI=1S/C24H21FN10/c1-16-21(30-31-24-29-22(32-35(16)24)17-3-2-9-26-15-17)20-8-10-27-23(28-20)34-13-11-33(12-14-34)19-6-4-18(25)5-7-19/h2-10,15H,11-14H2,1H3. The molecule has 4 aromatic heterocycles. The van der Waals surface area contributed by atoms with Crippen LogP contribution in [0.1, 0.15) is 5.69 Å². The van der Waals surface area contributed by atoms with Gasteiger partial charge in [0.25, 0.3) is 5.78 Å². The number of aryl methyl sites for hydroxylation is 1. The first-order valence-corrected chi connectivity index (χ1v) is 11.2. The Morgan fingerprint density at radius 3 is 2.43 bits per heavy atom. The molecule has 0 aliphatic carbocycles. The first-order chi connectivity index (χ1) is 17.2. The summed E-state index contributed by atoms with van der Waals surface area (Å²) in [5, 5.41) is 13.3. The Labute approximate surface area is 200 Å². The van der Waals surface area contributed by atoms with Gasteiger partial charge in [-0.3, -0.25) is 4.98 Å². The van der Waals surface area contributed by atoms with E-state index in [1.807, 2.05) is 37.3 Å². The largest absolute Gasteiger partial charge is 0.368 e. The van der Waals surface area contributed by atoms with E-state index < -0.39 is 0 Å². The first-order valence-electron chi connectivity index (χ1n) is 11.2. The summed E-state index contributed by atoms with van der Waals surface area (Å²) in [6, 6.07) is 12.2. The summed E-state index contributed by atoms with van der Waals surface area (Å²) in [5.74, 6) is 1.36. The molecule has 0 unspecified atom stereocenters. The summed E-state index contributed by atoms with van der Waals surface area (Å²) in [5.41, 5.74) is 3.89. The number of halogens is 1. The number of aromatic nitrogens is 8. The highest BCUT2D eigenvalue weighted by atomic mass is 19.1. The lowest BCUT2D eigenvalue weighted by Gasteiger charge is -2.36. The minimum Gasteiger partial charge on any atom is -0.368 e. The molecule has 6 rings (SSSR count). The van der Waals surface area contributed by atoms with Crippen molar-refractivity contribution in [3.8, 4) is 22.8 Å². The van der Waals surface area contributed by atoms with Gasteiger partial charge < -0.3 is 9.80 Å². The van der Waals surface area contributed by atoms with Crippen LogP contribution in [0, 0.1) is 12.7 Å². The van der Waals surface area contributed by atoms with Crippen LogP contribution in [0.2, 0.25) is 0 Å². The zero-order chi connectivity index (χ0) is 23.8. The Balaban J connectivity index is 1.25. The maximum absolute atomic E-state index is 13.2. The maximum atomic E-state index is 13.2. The Kier molecular flexibility index (Phi) is 5.21. The van der Waals surface area contributed by atoms with E-state index in [-0.39, 0.29) is 5.82 Å². The summed E-state index contributed by atoms with van der Waals surface area (Å²) in [6.45, 7) is 5.01. The highest BCUT2D eigenvalue weighted by Crippen LogP contribution is 2.23. The average molecular weight is 469 g/mol. The smallest absolute Gasteiger partial charge is 0.272 e. The Hall–Kier alpha value is -4.54. The molecule has 0 radical (unpaired) electrons. The van der Waals surface area contributed by atoms with E-state index in [0.29, 0.717) is 28.9 Å². The van der Waals surface area contributed by atoms with Crippen LogP contribution in [0.25, 0.3) is 28.6 Å². The Bertz CT molecular complexity index is 1480. The number of hydrogen-bond acceptors (Lipinski definition) is 9. The number of pyridine rings is 1. The summed E-state index contributed by atoms with van der Waals surface area (Å²) >= 11 is 0. The van der Waals surface area contributed by atoms with Gasteiger partial charge >= 0.3 is 0 Å². The van der Waals surface area contributed by atoms with Crippen molar-refractivity contribution in [1.82, 2.24) is 39.7 Å². The molecule has 1 aliphatic rings. The molecule has 10 nitrogen and oxygen atoms in total. The van der Waals surface area contributed by atoms with Gasteiger partial charge in [0.1, 0.15) is 11.5 Å². The van der Waals surface area contributed by atoms with Crippen molar-refractivity contribution in [1.29, 1.82) is 0 Å². The lowest BCUT2D eigenvalue weighted by atomic mass is 10.2. The second kappa shape index (κ2) is 8.67. The fourth-order valence-corrected chi connectivity index (χ4v) is 4.16. The molecule has 1 saturated heterocycles. The van der Waals surface area contributed by atoms with Gasteiger partial charge in [-0.1, -0.05) is 0 Å². The third kappa shape index (κ3) is 4.01. The van der Waals surface area contributed by atoms with E-state index in [9.17, 15) is 4.39 Å². The van der Waals surface area contributed by atoms with Gasteiger partial charge in [-0.2, -0.15) is 9.50 Å². The van der Waals surface area contributed by atoms with E-state index in [1.165, 1.54) is 12.1 Å². The van der Waals surface area contributed by atoms with Gasteiger partial charge in [0, 0.05) is 56.0 Å². The molecule has 0 spiro atoms. The van der Waals surface area contributed by atoms with Crippen LogP contribution in [-0.2, 0) is 0 Å². The lowest BCUT2D eigenvalue weighted by Crippen LogP contribution is -2.47. The van der Waals surface area contributed by atoms with Gasteiger partial charge in [0.05, 0.1) is 11.4 Å². The number of hydrogen-bond donors (Lipinski definition) is 0. The molecule has 1 aromatic carbocycles. The van der Waals surface area contributed by atoms with Crippen LogP contribution in [0.5, 0.6) is 0 Å². The van der Waals surface area contributed by atoms with E-state index in [0.717, 1.165) is 43.1 Å². The molecular weight excluding hydrogens is 447 g/mol. The molecule has 0 bridgehead atoms. The predicted octanol–water partition coefficient (Wildman–Crippen LogP) is 2.81. The van der Waals surface area contributed by atoms with Crippen LogP contribution in [-0.4, -0.2) is 65.9 Å². The van der Waals surface area contributed by atoms with Crippen LogP contribution in [0.3, 0.4) is 0 Å². The minimum absolute atomic E-state index is 0.228. The van der Waals surface area contributed by atoms with Crippen molar-refractivity contribution >= 4 is 17.4 Å². The van der Waals surface area contributed by atoms with E-state index in [1.54, 1.807) is 23.1 Å². The molecule has 1 aliphatic heterocycles. The Morgan fingerprint density at radius 1 is 0.857 bits per heavy atom. The summed E-state index contributed by atoms with van der Waals surface area (Å²) in [6.07, 6.45) is 5.15. The SMILES string of the molecule is Cc1c(-c2ccnc(N3CCN(c4ccc(F)cc4)CC3)n2)nnc2nc(-c3cccnc3)nn12. The van der Waals surface area contributed by atoms with E-state index in [4.69, 9.17) is 4.98 Å². The highest BCUT2D eigenvalue weighted by molar-refractivity contribution is 5.61. The van der Waals surface area contributed by atoms with Crippen LogP contribution in [0.4, 0.5) is 16.0 Å². The molecule has 174 valence electrons. The third-order valence-corrected chi connectivity index (χ3v) is 6.05. The molecule has 0 amide bonds. The fraction of sp³-hybridized carbons (Fsp3) is 0.208. The van der Waals surface area contributed by atoms with Crippen molar-refractivity contribution in [3.05, 3.63) is 72.6 Å². The van der Waals surface area contributed by atoms with Gasteiger partial charge in [-0.15, -0.1) is 15.3 Å². The molecule has 1 fully saturated rings. The number of benzene rings is 1. The number of piperazine rings is 1. The van der Waals surface area contributed by atoms with Crippen molar-refractivity contribution in [3.63, 3.8) is 0 Å². The van der Waals surface area contributed by atoms with Crippen molar-refractivity contribution in [2.45, 2.75) is 6.92 Å². The molecule has 11 heteroatoms. The van der Waals surface area contributed by atoms with Gasteiger partial charge in [0.15, 0.2) is 5.82 Å². The monoisotopic (exact) mass is 468 g/mol.